The van der Waals surface area contributed by atoms with E-state index in [0.29, 0.717) is 16.0 Å². The maximum atomic E-state index is 6.43. The minimum atomic E-state index is 0.432. The summed E-state index contributed by atoms with van der Waals surface area (Å²) in [5, 5.41) is 2.11. The van der Waals surface area contributed by atoms with Crippen molar-refractivity contribution >= 4 is 45.8 Å². The molecule has 31 heavy (non-hydrogen) atoms. The van der Waals surface area contributed by atoms with Crippen LogP contribution in [-0.2, 0) is 0 Å². The molecule has 1 saturated heterocycles. The molecule has 2 heterocycles. The fraction of sp³-hybridized carbons (Fsp3) is 0.208. The van der Waals surface area contributed by atoms with E-state index in [-0.39, 0.29) is 0 Å². The molecule has 1 aliphatic heterocycles. The average Bonchev–Trinajstić information content (AvgIpc) is 2.79. The van der Waals surface area contributed by atoms with Gasteiger partial charge in [0, 0.05) is 37.1 Å². The molecule has 1 fully saturated rings. The third-order valence-electron chi connectivity index (χ3n) is 5.26. The molecule has 4 rings (SSSR count). The molecule has 0 unspecified atom stereocenters. The van der Waals surface area contributed by atoms with E-state index in [9.17, 15) is 0 Å². The molecule has 5 nitrogen and oxygen atoms in total. The Bertz CT molecular complexity index is 1160. The zero-order valence-electron chi connectivity index (χ0n) is 17.3. The zero-order chi connectivity index (χ0) is 21.8. The third-order valence-corrected chi connectivity index (χ3v) is 5.80. The van der Waals surface area contributed by atoms with Crippen molar-refractivity contribution in [1.29, 1.82) is 0 Å². The molecule has 0 aliphatic carbocycles. The first-order valence-corrected chi connectivity index (χ1v) is 10.9. The maximum Gasteiger partial charge on any atom is 0.163 e. The molecule has 0 spiro atoms. The molecule has 3 aromatic rings. The van der Waals surface area contributed by atoms with Gasteiger partial charge < -0.3 is 9.80 Å². The lowest BCUT2D eigenvalue weighted by molar-refractivity contribution is 0.383. The van der Waals surface area contributed by atoms with E-state index in [4.69, 9.17) is 33.2 Å². The van der Waals surface area contributed by atoms with Crippen LogP contribution in [0.4, 0.5) is 5.82 Å². The van der Waals surface area contributed by atoms with Gasteiger partial charge in [-0.15, -0.1) is 0 Å². The van der Waals surface area contributed by atoms with Crippen molar-refractivity contribution in [2.24, 2.45) is 4.99 Å². The third kappa shape index (κ3) is 4.73. The van der Waals surface area contributed by atoms with Gasteiger partial charge in [0.25, 0.3) is 0 Å². The van der Waals surface area contributed by atoms with Crippen LogP contribution in [-0.4, -0.2) is 46.9 Å². The van der Waals surface area contributed by atoms with E-state index in [2.05, 4.69) is 27.4 Å². The molecular weight excluding hydrogens is 429 g/mol. The predicted octanol–water partition coefficient (Wildman–Crippen LogP) is 5.76. The first kappa shape index (κ1) is 21.3. The normalized spacial score (nSPS) is 15.5. The second-order valence-corrected chi connectivity index (χ2v) is 8.02. The highest BCUT2D eigenvalue weighted by Gasteiger charge is 2.22. The number of anilines is 1. The number of benzene rings is 2. The molecule has 0 atom stereocenters. The van der Waals surface area contributed by atoms with Gasteiger partial charge in [-0.2, -0.15) is 0 Å². The second-order valence-electron chi connectivity index (χ2n) is 7.23. The number of aromatic nitrogens is 2. The monoisotopic (exact) mass is 451 g/mol. The summed E-state index contributed by atoms with van der Waals surface area (Å²) in [5.41, 5.74) is 1.74. The van der Waals surface area contributed by atoms with Crippen LogP contribution in [0.3, 0.4) is 0 Å². The van der Waals surface area contributed by atoms with E-state index in [1.807, 2.05) is 49.4 Å². The van der Waals surface area contributed by atoms with Crippen LogP contribution in [0.15, 0.2) is 77.4 Å². The number of halogens is 2. The van der Waals surface area contributed by atoms with Crippen LogP contribution in [0.2, 0.25) is 5.02 Å². The van der Waals surface area contributed by atoms with E-state index < -0.39 is 0 Å². The highest BCUT2D eigenvalue weighted by atomic mass is 35.5. The van der Waals surface area contributed by atoms with Gasteiger partial charge in [-0.1, -0.05) is 60.1 Å². The van der Waals surface area contributed by atoms with Crippen molar-refractivity contribution in [1.82, 2.24) is 14.9 Å². The van der Waals surface area contributed by atoms with E-state index in [0.717, 1.165) is 54.3 Å². The van der Waals surface area contributed by atoms with Crippen molar-refractivity contribution in [3.05, 3.63) is 77.4 Å². The minimum absolute atomic E-state index is 0.432. The Morgan fingerprint density at radius 1 is 1.03 bits per heavy atom. The number of hydrogen-bond acceptors (Lipinski definition) is 4. The number of amidine groups is 1. The van der Waals surface area contributed by atoms with Gasteiger partial charge in [0.1, 0.15) is 16.8 Å². The number of aliphatic imine (C=N–C) groups is 1. The summed E-state index contributed by atoms with van der Waals surface area (Å²) in [5.74, 6) is 2.47. The summed E-state index contributed by atoms with van der Waals surface area (Å²) in [6.07, 6.45) is 3.32. The second kappa shape index (κ2) is 9.50. The SMILES string of the molecule is C=C/C=C(Cl)\N=C(/C)N1CCN(c2nc(-c3ccccc3Cl)nc3ccccc23)CC1. The Morgan fingerprint density at radius 3 is 2.48 bits per heavy atom. The summed E-state index contributed by atoms with van der Waals surface area (Å²) >= 11 is 12.5. The van der Waals surface area contributed by atoms with Crippen molar-refractivity contribution in [2.75, 3.05) is 31.1 Å². The van der Waals surface area contributed by atoms with Crippen molar-refractivity contribution in [3.8, 4) is 11.4 Å². The van der Waals surface area contributed by atoms with Gasteiger partial charge in [0.15, 0.2) is 5.82 Å². The summed E-state index contributed by atoms with van der Waals surface area (Å²) < 4.78 is 0. The van der Waals surface area contributed by atoms with Crippen LogP contribution >= 0.6 is 23.2 Å². The molecule has 0 radical (unpaired) electrons. The number of para-hydroxylation sites is 1. The number of nitrogens with zero attached hydrogens (tertiary/aromatic N) is 5. The Hall–Kier alpha value is -2.89. The number of fused-ring (bicyclic) bond motifs is 1. The topological polar surface area (TPSA) is 44.6 Å². The summed E-state index contributed by atoms with van der Waals surface area (Å²) in [7, 11) is 0. The van der Waals surface area contributed by atoms with Crippen LogP contribution in [0.25, 0.3) is 22.3 Å². The van der Waals surface area contributed by atoms with Gasteiger partial charge in [-0.3, -0.25) is 0 Å². The number of allylic oxidation sites excluding steroid dienone is 2. The molecule has 0 bridgehead atoms. The quantitative estimate of drug-likeness (QED) is 0.219. The molecule has 1 aliphatic rings. The van der Waals surface area contributed by atoms with Gasteiger partial charge in [-0.05, 0) is 37.3 Å². The smallest absolute Gasteiger partial charge is 0.163 e. The van der Waals surface area contributed by atoms with Gasteiger partial charge >= 0.3 is 0 Å². The van der Waals surface area contributed by atoms with Gasteiger partial charge in [0.05, 0.1) is 10.5 Å². The van der Waals surface area contributed by atoms with E-state index >= 15 is 0 Å². The summed E-state index contributed by atoms with van der Waals surface area (Å²) in [6.45, 7) is 8.92. The van der Waals surface area contributed by atoms with Gasteiger partial charge in [-0.25, -0.2) is 15.0 Å². The van der Waals surface area contributed by atoms with Crippen LogP contribution in [0.5, 0.6) is 0 Å². The molecule has 0 amide bonds. The first-order valence-electron chi connectivity index (χ1n) is 10.1. The molecular formula is C24H23Cl2N5. The molecule has 0 saturated carbocycles. The Kier molecular flexibility index (Phi) is 6.54. The highest BCUT2D eigenvalue weighted by Crippen LogP contribution is 2.31. The van der Waals surface area contributed by atoms with Gasteiger partial charge in [0.2, 0.25) is 0 Å². The molecule has 2 aromatic carbocycles. The molecule has 1 aromatic heterocycles. The lowest BCUT2D eigenvalue weighted by Gasteiger charge is -2.36. The largest absolute Gasteiger partial charge is 0.357 e. The van der Waals surface area contributed by atoms with Crippen LogP contribution < -0.4 is 4.90 Å². The van der Waals surface area contributed by atoms with Crippen molar-refractivity contribution in [2.45, 2.75) is 6.92 Å². The first-order chi connectivity index (χ1) is 15.1. The Morgan fingerprint density at radius 2 is 1.74 bits per heavy atom. The summed E-state index contributed by atoms with van der Waals surface area (Å²) in [6, 6.07) is 15.8. The molecule has 0 N–H and O–H groups in total. The fourth-order valence-corrected chi connectivity index (χ4v) is 4.10. The van der Waals surface area contributed by atoms with E-state index in [1.54, 1.807) is 12.2 Å². The lowest BCUT2D eigenvalue weighted by Crippen LogP contribution is -2.48. The maximum absolute atomic E-state index is 6.43. The molecule has 158 valence electrons. The van der Waals surface area contributed by atoms with Crippen molar-refractivity contribution in [3.63, 3.8) is 0 Å². The predicted molar refractivity (Wildman–Crippen MR) is 131 cm³/mol. The lowest BCUT2D eigenvalue weighted by atomic mass is 10.1. The number of hydrogen-bond donors (Lipinski definition) is 0. The van der Waals surface area contributed by atoms with Crippen LogP contribution in [0.1, 0.15) is 6.92 Å². The fourth-order valence-electron chi connectivity index (χ4n) is 3.67. The Labute approximate surface area is 192 Å². The van der Waals surface area contributed by atoms with Crippen LogP contribution in [0, 0.1) is 0 Å². The molecule has 7 heteroatoms. The number of rotatable bonds is 4. The zero-order valence-corrected chi connectivity index (χ0v) is 18.8. The number of piperazine rings is 1. The van der Waals surface area contributed by atoms with E-state index in [1.165, 1.54) is 0 Å². The standard InChI is InChI=1S/C24H23Cl2N5/c1-3-8-22(26)27-17(2)30-13-15-31(16-14-30)24-19-10-5-7-12-21(19)28-23(29-24)18-9-4-6-11-20(18)25/h3-12H,1,13-16H2,2H3/b22-8-,27-17+. The van der Waals surface area contributed by atoms with Crippen molar-refractivity contribution < 1.29 is 0 Å². The Balaban J connectivity index is 1.64. The average molecular weight is 452 g/mol. The highest BCUT2D eigenvalue weighted by molar-refractivity contribution is 6.33. The summed E-state index contributed by atoms with van der Waals surface area (Å²) in [4.78, 5) is 18.7. The minimum Gasteiger partial charge on any atom is -0.357 e.